The van der Waals surface area contributed by atoms with Gasteiger partial charge in [-0.05, 0) is 68.5 Å². The van der Waals surface area contributed by atoms with Crippen LogP contribution in [0.4, 0.5) is 0 Å². The molecule has 4 heteroatoms. The summed E-state index contributed by atoms with van der Waals surface area (Å²) >= 11 is 3.57. The summed E-state index contributed by atoms with van der Waals surface area (Å²) in [4.78, 5) is 12.7. The van der Waals surface area contributed by atoms with E-state index in [2.05, 4.69) is 33.5 Å². The van der Waals surface area contributed by atoms with Crippen LogP contribution in [0, 0.1) is 6.92 Å². The molecule has 0 aliphatic heterocycles. The first kappa shape index (κ1) is 15.5. The molecule has 122 valence electrons. The lowest BCUT2D eigenvalue weighted by Crippen LogP contribution is -2.25. The lowest BCUT2D eigenvalue weighted by atomic mass is 9.96. The molecule has 1 aromatic heterocycles. The number of halogens is 1. The highest BCUT2D eigenvalue weighted by Crippen LogP contribution is 2.33. The third-order valence-corrected chi connectivity index (χ3v) is 5.22. The molecule has 1 N–H and O–H groups in total. The summed E-state index contributed by atoms with van der Waals surface area (Å²) in [5.41, 5.74) is 8.60. The predicted octanol–water partition coefficient (Wildman–Crippen LogP) is 4.97. The van der Waals surface area contributed by atoms with E-state index in [1.807, 2.05) is 41.9 Å². The predicted molar refractivity (Wildman–Crippen MR) is 101 cm³/mol. The molecule has 2 aromatic carbocycles. The molecule has 1 heterocycles. The van der Waals surface area contributed by atoms with E-state index in [1.165, 1.54) is 29.5 Å². The van der Waals surface area contributed by atoms with Crippen LogP contribution < -0.4 is 5.43 Å². The Bertz CT molecular complexity index is 942. The number of benzene rings is 2. The van der Waals surface area contributed by atoms with Crippen molar-refractivity contribution < 1.29 is 4.79 Å². The Labute approximate surface area is 149 Å². The van der Waals surface area contributed by atoms with Crippen LogP contribution in [0.5, 0.6) is 0 Å². The molecule has 0 spiro atoms. The molecule has 3 nitrogen and oxygen atoms in total. The van der Waals surface area contributed by atoms with Gasteiger partial charge in [0.05, 0.1) is 5.52 Å². The summed E-state index contributed by atoms with van der Waals surface area (Å²) in [7, 11) is 0. The molecule has 0 unspecified atom stereocenters. The molecule has 0 atom stereocenters. The molecule has 1 aliphatic carbocycles. The van der Waals surface area contributed by atoms with E-state index in [0.717, 1.165) is 28.4 Å². The number of hydrogen-bond donors (Lipinski definition) is 1. The van der Waals surface area contributed by atoms with Gasteiger partial charge in [-0.25, -0.2) is 0 Å². The third kappa shape index (κ3) is 2.65. The molecule has 1 aliphatic rings. The van der Waals surface area contributed by atoms with Crippen molar-refractivity contribution in [2.24, 2.45) is 0 Å². The Morgan fingerprint density at radius 2 is 1.96 bits per heavy atom. The van der Waals surface area contributed by atoms with Crippen LogP contribution in [-0.4, -0.2) is 10.6 Å². The zero-order valence-electron chi connectivity index (χ0n) is 13.6. The molecule has 4 rings (SSSR count). The summed E-state index contributed by atoms with van der Waals surface area (Å²) in [6.07, 6.45) is 4.47. The second-order valence-corrected chi connectivity index (χ2v) is 7.36. The number of aromatic nitrogens is 1. The minimum atomic E-state index is -0.0631. The number of nitrogens with zero attached hydrogens (tertiary/aromatic N) is 1. The number of carbonyl (C=O) groups is 1. The summed E-state index contributed by atoms with van der Waals surface area (Å²) in [5.74, 6) is -0.0631. The summed E-state index contributed by atoms with van der Waals surface area (Å²) in [6, 6.07) is 14.0. The van der Waals surface area contributed by atoms with Gasteiger partial charge in [-0.15, -0.1) is 0 Å². The second-order valence-electron chi connectivity index (χ2n) is 6.44. The van der Waals surface area contributed by atoms with Crippen molar-refractivity contribution in [1.29, 1.82) is 0 Å². The Kier molecular flexibility index (Phi) is 3.93. The van der Waals surface area contributed by atoms with Crippen molar-refractivity contribution in [2.75, 3.05) is 5.43 Å². The van der Waals surface area contributed by atoms with Crippen molar-refractivity contribution >= 4 is 32.7 Å². The number of hydrogen-bond acceptors (Lipinski definition) is 1. The molecule has 0 fully saturated rings. The fourth-order valence-electron chi connectivity index (χ4n) is 3.60. The van der Waals surface area contributed by atoms with E-state index in [1.54, 1.807) is 0 Å². The Morgan fingerprint density at radius 1 is 1.12 bits per heavy atom. The van der Waals surface area contributed by atoms with E-state index in [0.29, 0.717) is 5.56 Å². The molecule has 0 radical (unpaired) electrons. The Morgan fingerprint density at radius 3 is 2.79 bits per heavy atom. The topological polar surface area (TPSA) is 34.0 Å². The van der Waals surface area contributed by atoms with Crippen LogP contribution in [0.1, 0.15) is 40.0 Å². The van der Waals surface area contributed by atoms with Crippen LogP contribution in [-0.2, 0) is 12.8 Å². The quantitative estimate of drug-likeness (QED) is 0.666. The van der Waals surface area contributed by atoms with Crippen LogP contribution in [0.3, 0.4) is 0 Å². The van der Waals surface area contributed by atoms with Crippen molar-refractivity contribution in [3.8, 4) is 0 Å². The maximum absolute atomic E-state index is 12.7. The molecule has 3 aromatic rings. The zero-order valence-corrected chi connectivity index (χ0v) is 15.2. The number of rotatable bonds is 2. The SMILES string of the molecule is Cc1cccc(C(=O)Nn2c3c(c4cc(Br)ccc42)CCCC3)c1. The van der Waals surface area contributed by atoms with Gasteiger partial charge < -0.3 is 0 Å². The lowest BCUT2D eigenvalue weighted by molar-refractivity contribution is 0.101. The fourth-order valence-corrected chi connectivity index (χ4v) is 3.96. The average Bonchev–Trinajstić information content (AvgIpc) is 2.88. The fraction of sp³-hybridized carbons (Fsp3) is 0.250. The van der Waals surface area contributed by atoms with E-state index in [9.17, 15) is 4.79 Å². The van der Waals surface area contributed by atoms with Gasteiger partial charge in [0.15, 0.2) is 0 Å². The standard InChI is InChI=1S/C20H19BrN2O/c1-13-5-4-6-14(11-13)20(24)22-23-18-8-3-2-7-16(18)17-12-15(21)9-10-19(17)23/h4-6,9-12H,2-3,7-8H2,1H3,(H,22,24). The number of amides is 1. The highest BCUT2D eigenvalue weighted by atomic mass is 79.9. The molecular weight excluding hydrogens is 364 g/mol. The van der Waals surface area contributed by atoms with Crippen LogP contribution >= 0.6 is 15.9 Å². The normalized spacial score (nSPS) is 13.8. The van der Waals surface area contributed by atoms with E-state index < -0.39 is 0 Å². The highest BCUT2D eigenvalue weighted by Gasteiger charge is 2.21. The number of carbonyl (C=O) groups excluding carboxylic acids is 1. The van der Waals surface area contributed by atoms with Gasteiger partial charge in [0.1, 0.15) is 0 Å². The van der Waals surface area contributed by atoms with Crippen molar-refractivity contribution in [2.45, 2.75) is 32.6 Å². The van der Waals surface area contributed by atoms with Gasteiger partial charge in [0, 0.05) is 21.1 Å². The summed E-state index contributed by atoms with van der Waals surface area (Å²) in [5, 5.41) is 1.24. The van der Waals surface area contributed by atoms with Gasteiger partial charge in [-0.1, -0.05) is 33.6 Å². The van der Waals surface area contributed by atoms with Gasteiger partial charge >= 0.3 is 0 Å². The molecule has 0 saturated heterocycles. The largest absolute Gasteiger partial charge is 0.270 e. The summed E-state index contributed by atoms with van der Waals surface area (Å²) < 4.78 is 3.08. The van der Waals surface area contributed by atoms with Crippen molar-refractivity contribution in [3.63, 3.8) is 0 Å². The first-order valence-corrected chi connectivity index (χ1v) is 9.12. The minimum absolute atomic E-state index is 0.0631. The molecule has 24 heavy (non-hydrogen) atoms. The molecule has 0 bridgehead atoms. The van der Waals surface area contributed by atoms with Gasteiger partial charge in [-0.3, -0.25) is 14.9 Å². The second kappa shape index (κ2) is 6.10. The van der Waals surface area contributed by atoms with Crippen LogP contribution in [0.15, 0.2) is 46.9 Å². The van der Waals surface area contributed by atoms with Crippen molar-refractivity contribution in [1.82, 2.24) is 4.68 Å². The van der Waals surface area contributed by atoms with E-state index >= 15 is 0 Å². The van der Waals surface area contributed by atoms with Gasteiger partial charge in [0.2, 0.25) is 0 Å². The Balaban J connectivity index is 1.80. The minimum Gasteiger partial charge on any atom is -0.267 e. The smallest absolute Gasteiger partial charge is 0.267 e. The lowest BCUT2D eigenvalue weighted by Gasteiger charge is -2.16. The average molecular weight is 383 g/mol. The van der Waals surface area contributed by atoms with Crippen LogP contribution in [0.2, 0.25) is 0 Å². The van der Waals surface area contributed by atoms with Gasteiger partial charge in [0.25, 0.3) is 5.91 Å². The molecule has 1 amide bonds. The number of fused-ring (bicyclic) bond motifs is 3. The third-order valence-electron chi connectivity index (χ3n) is 4.73. The van der Waals surface area contributed by atoms with E-state index in [-0.39, 0.29) is 5.91 Å². The first-order chi connectivity index (χ1) is 11.6. The van der Waals surface area contributed by atoms with Crippen molar-refractivity contribution in [3.05, 3.63) is 69.3 Å². The maximum atomic E-state index is 12.7. The number of aryl methyl sites for hydroxylation is 2. The summed E-state index contributed by atoms with van der Waals surface area (Å²) in [6.45, 7) is 2.00. The Hall–Kier alpha value is -2.07. The highest BCUT2D eigenvalue weighted by molar-refractivity contribution is 9.10. The monoisotopic (exact) mass is 382 g/mol. The maximum Gasteiger partial charge on any atom is 0.270 e. The molecular formula is C20H19BrN2O. The first-order valence-electron chi connectivity index (χ1n) is 8.33. The van der Waals surface area contributed by atoms with Crippen LogP contribution in [0.25, 0.3) is 10.9 Å². The zero-order chi connectivity index (χ0) is 16.7. The van der Waals surface area contributed by atoms with E-state index in [4.69, 9.17) is 0 Å². The number of nitrogens with one attached hydrogen (secondary N) is 1. The van der Waals surface area contributed by atoms with Gasteiger partial charge in [-0.2, -0.15) is 0 Å². The molecule has 0 saturated carbocycles.